The van der Waals surface area contributed by atoms with Gasteiger partial charge in [0.2, 0.25) is 0 Å². The van der Waals surface area contributed by atoms with Gasteiger partial charge in [0, 0.05) is 11.1 Å². The van der Waals surface area contributed by atoms with E-state index in [4.69, 9.17) is 0 Å². The summed E-state index contributed by atoms with van der Waals surface area (Å²) in [6.45, 7) is 0. The fourth-order valence-corrected chi connectivity index (χ4v) is 7.97. The van der Waals surface area contributed by atoms with Crippen LogP contribution < -0.4 is 4.90 Å². The summed E-state index contributed by atoms with van der Waals surface area (Å²) in [7, 11) is 0. The molecule has 0 radical (unpaired) electrons. The van der Waals surface area contributed by atoms with Crippen molar-refractivity contribution in [2.45, 2.75) is 37.5 Å². The molecule has 0 amide bonds. The fraction of sp³-hybridized carbons (Fsp3) is 0.357. The number of fused-ring (bicyclic) bond motifs is 2. The molecule has 4 fully saturated rings. The molecule has 0 saturated heterocycles. The lowest BCUT2D eigenvalue weighted by molar-refractivity contribution is -0.0419. The molecule has 1 aliphatic heterocycles. The summed E-state index contributed by atoms with van der Waals surface area (Å²) in [5.74, 6) is 3.57. The van der Waals surface area contributed by atoms with Crippen molar-refractivity contribution in [3.8, 4) is 0 Å². The third-order valence-electron chi connectivity index (χ3n) is 8.62. The molecule has 1 heterocycles. The van der Waals surface area contributed by atoms with E-state index in [1.807, 2.05) is 0 Å². The fourth-order valence-electron chi connectivity index (χ4n) is 7.97. The summed E-state index contributed by atoms with van der Waals surface area (Å²) in [6, 6.07) is 29.6. The average Bonchev–Trinajstić information content (AvgIpc) is 2.76. The van der Waals surface area contributed by atoms with Crippen LogP contribution in [0.2, 0.25) is 0 Å². The second-order valence-electron chi connectivity index (χ2n) is 9.88. The van der Waals surface area contributed by atoms with Crippen LogP contribution in [0.4, 0.5) is 17.1 Å². The van der Waals surface area contributed by atoms with Crippen molar-refractivity contribution in [2.24, 2.45) is 23.7 Å². The Labute approximate surface area is 173 Å². The van der Waals surface area contributed by atoms with Crippen molar-refractivity contribution in [1.82, 2.24) is 0 Å². The Morgan fingerprint density at radius 1 is 0.552 bits per heavy atom. The van der Waals surface area contributed by atoms with Gasteiger partial charge in [-0.3, -0.25) is 0 Å². The highest BCUT2D eigenvalue weighted by atomic mass is 15.2. The van der Waals surface area contributed by atoms with Gasteiger partial charge >= 0.3 is 0 Å². The normalized spacial score (nSPS) is 30.3. The summed E-state index contributed by atoms with van der Waals surface area (Å²) in [6.07, 6.45) is 7.23. The zero-order valence-electron chi connectivity index (χ0n) is 16.8. The highest BCUT2D eigenvalue weighted by Crippen LogP contribution is 2.69. The van der Waals surface area contributed by atoms with Gasteiger partial charge in [-0.15, -0.1) is 0 Å². The molecule has 3 aromatic carbocycles. The number of para-hydroxylation sites is 3. The lowest BCUT2D eigenvalue weighted by Gasteiger charge is -2.64. The van der Waals surface area contributed by atoms with E-state index < -0.39 is 0 Å². The SMILES string of the molecule is c1ccc(N2c3ccccc3C3(c4ccccc42)C2CC4CC(C2)CC3C4)cc1. The van der Waals surface area contributed by atoms with Crippen LogP contribution in [0.3, 0.4) is 0 Å². The van der Waals surface area contributed by atoms with Crippen molar-refractivity contribution in [3.05, 3.63) is 90.0 Å². The molecule has 1 spiro atoms. The Bertz CT molecular complexity index is 1000. The van der Waals surface area contributed by atoms with E-state index in [0.29, 0.717) is 0 Å². The maximum atomic E-state index is 2.51. The molecule has 3 aromatic rings. The minimum Gasteiger partial charge on any atom is -0.310 e. The number of anilines is 3. The number of nitrogens with zero attached hydrogens (tertiary/aromatic N) is 1. The van der Waals surface area contributed by atoms with Gasteiger partial charge in [-0.05, 0) is 91.2 Å². The average molecular weight is 378 g/mol. The molecule has 5 aliphatic rings. The first-order valence-electron chi connectivity index (χ1n) is 11.4. The Morgan fingerprint density at radius 3 is 1.59 bits per heavy atom. The first kappa shape index (κ1) is 16.3. The molecule has 0 aromatic heterocycles. The van der Waals surface area contributed by atoms with Crippen LogP contribution in [0.15, 0.2) is 78.9 Å². The first-order valence-corrected chi connectivity index (χ1v) is 11.4. The van der Waals surface area contributed by atoms with E-state index >= 15 is 0 Å². The molecule has 0 atom stereocenters. The molecule has 1 heteroatoms. The van der Waals surface area contributed by atoms with Crippen molar-refractivity contribution in [1.29, 1.82) is 0 Å². The Kier molecular flexibility index (Phi) is 3.23. The molecule has 4 saturated carbocycles. The molecular weight excluding hydrogens is 350 g/mol. The smallest absolute Gasteiger partial charge is 0.0503 e. The zero-order chi connectivity index (χ0) is 19.0. The van der Waals surface area contributed by atoms with Gasteiger partial charge in [0.1, 0.15) is 0 Å². The van der Waals surface area contributed by atoms with Gasteiger partial charge in [-0.2, -0.15) is 0 Å². The highest BCUT2D eigenvalue weighted by molar-refractivity contribution is 5.86. The predicted octanol–water partition coefficient (Wildman–Crippen LogP) is 7.21. The lowest BCUT2D eigenvalue weighted by Crippen LogP contribution is -2.57. The summed E-state index contributed by atoms with van der Waals surface area (Å²) in [5.41, 5.74) is 7.49. The summed E-state index contributed by atoms with van der Waals surface area (Å²) in [5, 5.41) is 0. The number of rotatable bonds is 1. The molecular formula is C28H27N. The van der Waals surface area contributed by atoms with Gasteiger partial charge in [-0.25, -0.2) is 0 Å². The Hall–Kier alpha value is -2.54. The molecule has 0 N–H and O–H groups in total. The van der Waals surface area contributed by atoms with E-state index in [1.165, 1.54) is 49.2 Å². The molecule has 1 nitrogen and oxygen atoms in total. The molecule has 4 aliphatic carbocycles. The van der Waals surface area contributed by atoms with Crippen LogP contribution in [-0.4, -0.2) is 0 Å². The van der Waals surface area contributed by atoms with Crippen LogP contribution in [-0.2, 0) is 5.41 Å². The van der Waals surface area contributed by atoms with Crippen LogP contribution in [0.25, 0.3) is 0 Å². The van der Waals surface area contributed by atoms with Crippen LogP contribution in [0.5, 0.6) is 0 Å². The Morgan fingerprint density at radius 2 is 1.03 bits per heavy atom. The van der Waals surface area contributed by atoms with Crippen molar-refractivity contribution in [3.63, 3.8) is 0 Å². The van der Waals surface area contributed by atoms with E-state index in [0.717, 1.165) is 23.7 Å². The quantitative estimate of drug-likeness (QED) is 0.433. The van der Waals surface area contributed by atoms with E-state index in [1.54, 1.807) is 11.1 Å². The van der Waals surface area contributed by atoms with Crippen molar-refractivity contribution >= 4 is 17.1 Å². The van der Waals surface area contributed by atoms with Crippen LogP contribution >= 0.6 is 0 Å². The largest absolute Gasteiger partial charge is 0.310 e. The maximum Gasteiger partial charge on any atom is 0.0503 e. The summed E-state index contributed by atoms with van der Waals surface area (Å²) in [4.78, 5) is 2.51. The van der Waals surface area contributed by atoms with E-state index in [9.17, 15) is 0 Å². The standard InChI is InChI=1S/C28H27N/c1-2-8-23(9-3-1)29-26-12-6-4-10-24(26)28(25-11-5-7-13-27(25)29)21-15-19-14-20(17-21)18-22(28)16-19/h1-13,19-22H,14-18H2. The van der Waals surface area contributed by atoms with Gasteiger partial charge in [0.05, 0.1) is 11.4 Å². The van der Waals surface area contributed by atoms with Gasteiger partial charge < -0.3 is 4.90 Å². The summed E-state index contributed by atoms with van der Waals surface area (Å²) >= 11 is 0. The van der Waals surface area contributed by atoms with Crippen LogP contribution in [0.1, 0.15) is 43.2 Å². The zero-order valence-corrected chi connectivity index (χ0v) is 16.8. The first-order chi connectivity index (χ1) is 14.4. The minimum absolute atomic E-state index is 0.214. The van der Waals surface area contributed by atoms with Crippen molar-refractivity contribution in [2.75, 3.05) is 4.90 Å². The third-order valence-corrected chi connectivity index (χ3v) is 8.62. The molecule has 0 unspecified atom stereocenters. The van der Waals surface area contributed by atoms with Gasteiger partial charge in [0.15, 0.2) is 0 Å². The number of hydrogen-bond donors (Lipinski definition) is 0. The monoisotopic (exact) mass is 377 g/mol. The maximum absolute atomic E-state index is 2.51. The summed E-state index contributed by atoms with van der Waals surface area (Å²) < 4.78 is 0. The van der Waals surface area contributed by atoms with Gasteiger partial charge in [0.25, 0.3) is 0 Å². The highest BCUT2D eigenvalue weighted by Gasteiger charge is 2.61. The molecule has 144 valence electrons. The predicted molar refractivity (Wildman–Crippen MR) is 119 cm³/mol. The molecule has 8 rings (SSSR count). The topological polar surface area (TPSA) is 3.24 Å². The third kappa shape index (κ3) is 2.01. The minimum atomic E-state index is 0.214. The van der Waals surface area contributed by atoms with Gasteiger partial charge in [-0.1, -0.05) is 54.6 Å². The van der Waals surface area contributed by atoms with Crippen LogP contribution in [0, 0.1) is 23.7 Å². The number of benzene rings is 3. The molecule has 29 heavy (non-hydrogen) atoms. The van der Waals surface area contributed by atoms with E-state index in [-0.39, 0.29) is 5.41 Å². The van der Waals surface area contributed by atoms with Crippen molar-refractivity contribution < 1.29 is 0 Å². The molecule has 4 bridgehead atoms. The second kappa shape index (κ2) is 5.75. The lowest BCUT2D eigenvalue weighted by atomic mass is 9.41. The second-order valence-corrected chi connectivity index (χ2v) is 9.88. The van der Waals surface area contributed by atoms with E-state index in [2.05, 4.69) is 83.8 Å². The Balaban J connectivity index is 1.54. The number of hydrogen-bond acceptors (Lipinski definition) is 1.